The summed E-state index contributed by atoms with van der Waals surface area (Å²) in [6, 6.07) is 5.23. The van der Waals surface area contributed by atoms with Gasteiger partial charge in [0.1, 0.15) is 5.82 Å². The second-order valence-corrected chi connectivity index (χ2v) is 5.56. The lowest BCUT2D eigenvalue weighted by Crippen LogP contribution is -2.47. The van der Waals surface area contributed by atoms with Gasteiger partial charge in [-0.2, -0.15) is 0 Å². The fourth-order valence-electron chi connectivity index (χ4n) is 3.07. The Labute approximate surface area is 107 Å². The molecule has 0 saturated heterocycles. The lowest BCUT2D eigenvalue weighted by molar-refractivity contribution is 0.135. The number of halogens is 2. The summed E-state index contributed by atoms with van der Waals surface area (Å²) in [5.74, 6) is 0.413. The second-order valence-electron chi connectivity index (χ2n) is 5.15. The third-order valence-electron chi connectivity index (χ3n) is 3.97. The molecule has 2 N–H and O–H groups in total. The molecular formula is C14H19ClFN. The first kappa shape index (κ1) is 12.8. The molecule has 0 spiro atoms. The first-order chi connectivity index (χ1) is 8.13. The van der Waals surface area contributed by atoms with Gasteiger partial charge in [-0.3, -0.25) is 0 Å². The fraction of sp³-hybridized carbons (Fsp3) is 0.571. The minimum absolute atomic E-state index is 0.172. The smallest absolute Gasteiger partial charge is 0.145 e. The summed E-state index contributed by atoms with van der Waals surface area (Å²) in [6.07, 6.45) is 4.39. The summed E-state index contributed by atoms with van der Waals surface area (Å²) in [5, 5.41) is 0.203. The predicted octanol–water partition coefficient (Wildman–Crippen LogP) is 3.89. The molecule has 0 bridgehead atoms. The zero-order valence-electron chi connectivity index (χ0n) is 10.2. The van der Waals surface area contributed by atoms with Crippen molar-refractivity contribution in [2.45, 2.75) is 38.0 Å². The Bertz CT molecular complexity index is 399. The Balaban J connectivity index is 2.23. The molecule has 1 aromatic carbocycles. The number of hydrogen-bond donors (Lipinski definition) is 1. The highest BCUT2D eigenvalue weighted by Gasteiger charge is 2.45. The van der Waals surface area contributed by atoms with Crippen LogP contribution in [0.25, 0.3) is 0 Å². The van der Waals surface area contributed by atoms with E-state index in [1.807, 2.05) is 12.1 Å². The van der Waals surface area contributed by atoms with Crippen molar-refractivity contribution in [3.05, 3.63) is 34.6 Å². The predicted molar refractivity (Wildman–Crippen MR) is 69.8 cm³/mol. The minimum Gasteiger partial charge on any atom is -0.330 e. The normalized spacial score (nSPS) is 27.9. The van der Waals surface area contributed by atoms with E-state index in [0.717, 1.165) is 12.8 Å². The molecule has 94 valence electrons. The molecule has 1 saturated carbocycles. The van der Waals surface area contributed by atoms with Crippen LogP contribution in [0, 0.1) is 11.7 Å². The summed E-state index contributed by atoms with van der Waals surface area (Å²) in [5.41, 5.74) is 6.40. The van der Waals surface area contributed by atoms with E-state index >= 15 is 0 Å². The Hall–Kier alpha value is -0.600. The second kappa shape index (κ2) is 4.95. The minimum atomic E-state index is -0.283. The zero-order chi connectivity index (χ0) is 12.5. The molecule has 1 aromatic rings. The molecule has 0 unspecified atom stereocenters. The van der Waals surface area contributed by atoms with Crippen molar-refractivity contribution >= 4 is 11.6 Å². The van der Waals surface area contributed by atoms with Crippen LogP contribution in [0.5, 0.6) is 0 Å². The van der Waals surface area contributed by atoms with Gasteiger partial charge in [0, 0.05) is 12.0 Å². The van der Waals surface area contributed by atoms with E-state index in [1.54, 1.807) is 6.07 Å². The zero-order valence-corrected chi connectivity index (χ0v) is 10.9. The highest BCUT2D eigenvalue weighted by Crippen LogP contribution is 2.50. The topological polar surface area (TPSA) is 26.0 Å². The summed E-state index contributed by atoms with van der Waals surface area (Å²) < 4.78 is 14.0. The molecule has 3 heteroatoms. The molecule has 0 amide bonds. The molecule has 0 aliphatic heterocycles. The van der Waals surface area contributed by atoms with Crippen LogP contribution in [0.2, 0.25) is 5.02 Å². The maximum atomic E-state index is 14.0. The Morgan fingerprint density at radius 2 is 2.18 bits per heavy atom. The third kappa shape index (κ3) is 2.21. The van der Waals surface area contributed by atoms with Crippen LogP contribution in [-0.4, -0.2) is 6.54 Å². The summed E-state index contributed by atoms with van der Waals surface area (Å²) in [7, 11) is 0. The van der Waals surface area contributed by atoms with E-state index in [0.29, 0.717) is 18.0 Å². The molecule has 17 heavy (non-hydrogen) atoms. The lowest BCUT2D eigenvalue weighted by atomic mass is 9.57. The Morgan fingerprint density at radius 3 is 2.76 bits per heavy atom. The van der Waals surface area contributed by atoms with Gasteiger partial charge in [0.2, 0.25) is 0 Å². The van der Waals surface area contributed by atoms with Crippen LogP contribution in [0.4, 0.5) is 4.39 Å². The largest absolute Gasteiger partial charge is 0.330 e. The highest BCUT2D eigenvalue weighted by atomic mass is 35.5. The van der Waals surface area contributed by atoms with Gasteiger partial charge in [0.25, 0.3) is 0 Å². The fourth-order valence-corrected chi connectivity index (χ4v) is 3.24. The average Bonchev–Trinajstić information content (AvgIpc) is 2.27. The summed E-state index contributed by atoms with van der Waals surface area (Å²) in [6.45, 7) is 2.69. The molecule has 1 fully saturated rings. The maximum Gasteiger partial charge on any atom is 0.145 e. The SMILES string of the molecule is CCCC1CC(CN)(c2cccc(Cl)c2F)C1. The summed E-state index contributed by atoms with van der Waals surface area (Å²) >= 11 is 5.84. The van der Waals surface area contributed by atoms with Gasteiger partial charge < -0.3 is 5.73 Å². The van der Waals surface area contributed by atoms with Crippen LogP contribution in [0.1, 0.15) is 38.2 Å². The van der Waals surface area contributed by atoms with Crippen molar-refractivity contribution in [1.29, 1.82) is 0 Å². The van der Waals surface area contributed by atoms with Gasteiger partial charge in [-0.1, -0.05) is 43.5 Å². The van der Waals surface area contributed by atoms with Gasteiger partial charge in [-0.15, -0.1) is 0 Å². The lowest BCUT2D eigenvalue weighted by Gasteiger charge is -2.48. The van der Waals surface area contributed by atoms with Gasteiger partial charge in [-0.25, -0.2) is 4.39 Å². The molecule has 0 radical (unpaired) electrons. The van der Waals surface area contributed by atoms with Gasteiger partial charge >= 0.3 is 0 Å². The Morgan fingerprint density at radius 1 is 1.47 bits per heavy atom. The monoisotopic (exact) mass is 255 g/mol. The first-order valence-electron chi connectivity index (χ1n) is 6.27. The van der Waals surface area contributed by atoms with E-state index in [4.69, 9.17) is 17.3 Å². The molecule has 0 heterocycles. The van der Waals surface area contributed by atoms with Crippen LogP contribution in [0.3, 0.4) is 0 Å². The number of hydrogen-bond acceptors (Lipinski definition) is 1. The number of rotatable bonds is 4. The molecule has 1 nitrogen and oxygen atoms in total. The highest BCUT2D eigenvalue weighted by molar-refractivity contribution is 6.30. The van der Waals surface area contributed by atoms with E-state index in [1.165, 1.54) is 12.8 Å². The van der Waals surface area contributed by atoms with Crippen LogP contribution >= 0.6 is 11.6 Å². The molecule has 0 aromatic heterocycles. The Kier molecular flexibility index (Phi) is 3.74. The van der Waals surface area contributed by atoms with Crippen LogP contribution < -0.4 is 5.73 Å². The molecular weight excluding hydrogens is 237 g/mol. The molecule has 2 rings (SSSR count). The maximum absolute atomic E-state index is 14.0. The van der Waals surface area contributed by atoms with Crippen molar-refractivity contribution in [2.24, 2.45) is 11.7 Å². The van der Waals surface area contributed by atoms with Crippen LogP contribution in [0.15, 0.2) is 18.2 Å². The van der Waals surface area contributed by atoms with Crippen molar-refractivity contribution in [2.75, 3.05) is 6.54 Å². The molecule has 1 aliphatic rings. The van der Waals surface area contributed by atoms with E-state index < -0.39 is 0 Å². The number of benzene rings is 1. The molecule has 0 atom stereocenters. The van der Waals surface area contributed by atoms with E-state index in [-0.39, 0.29) is 16.3 Å². The first-order valence-corrected chi connectivity index (χ1v) is 6.65. The summed E-state index contributed by atoms with van der Waals surface area (Å²) in [4.78, 5) is 0. The number of nitrogens with two attached hydrogens (primary N) is 1. The standard InChI is InChI=1S/C14H19ClFN/c1-2-4-10-7-14(8-10,9-17)11-5-3-6-12(15)13(11)16/h3,5-6,10H,2,4,7-9,17H2,1H3. The van der Waals surface area contributed by atoms with Crippen LogP contribution in [-0.2, 0) is 5.41 Å². The van der Waals surface area contributed by atoms with Crippen molar-refractivity contribution < 1.29 is 4.39 Å². The van der Waals surface area contributed by atoms with Gasteiger partial charge in [-0.05, 0) is 30.4 Å². The molecule has 1 aliphatic carbocycles. The van der Waals surface area contributed by atoms with Gasteiger partial charge in [0.15, 0.2) is 0 Å². The third-order valence-corrected chi connectivity index (χ3v) is 4.26. The van der Waals surface area contributed by atoms with E-state index in [9.17, 15) is 4.39 Å². The average molecular weight is 256 g/mol. The van der Waals surface area contributed by atoms with Crippen molar-refractivity contribution in [3.8, 4) is 0 Å². The van der Waals surface area contributed by atoms with Crippen molar-refractivity contribution in [3.63, 3.8) is 0 Å². The van der Waals surface area contributed by atoms with Gasteiger partial charge in [0.05, 0.1) is 5.02 Å². The van der Waals surface area contributed by atoms with E-state index in [2.05, 4.69) is 6.92 Å². The quantitative estimate of drug-likeness (QED) is 0.868. The van der Waals surface area contributed by atoms with Crippen molar-refractivity contribution in [1.82, 2.24) is 0 Å².